The molecule has 0 spiro atoms. The summed E-state index contributed by atoms with van der Waals surface area (Å²) in [5.74, 6) is -3.43. The van der Waals surface area contributed by atoms with Gasteiger partial charge < -0.3 is 68.5 Å². The molecule has 444 valence electrons. The average molecular weight is 1120 g/mol. The van der Waals surface area contributed by atoms with Gasteiger partial charge in [0.15, 0.2) is 18.3 Å². The van der Waals surface area contributed by atoms with Gasteiger partial charge in [0.2, 0.25) is 0 Å². The summed E-state index contributed by atoms with van der Waals surface area (Å²) in [6.07, 6.45) is -8.60. The number of anilines is 1. The predicted octanol–water partition coefficient (Wildman–Crippen LogP) is 5.49. The van der Waals surface area contributed by atoms with Crippen LogP contribution in [-0.2, 0) is 50.9 Å². The molecule has 4 aliphatic heterocycles. The molecule has 1 aromatic heterocycles. The molecule has 80 heavy (non-hydrogen) atoms. The Morgan fingerprint density at radius 1 is 0.938 bits per heavy atom. The molecule has 4 saturated heterocycles. The second-order valence-electron chi connectivity index (χ2n) is 23.8. The van der Waals surface area contributed by atoms with Gasteiger partial charge in [-0.1, -0.05) is 50.3 Å². The van der Waals surface area contributed by atoms with E-state index in [-0.39, 0.29) is 38.3 Å². The lowest BCUT2D eigenvalue weighted by atomic mass is 9.77. The molecule has 0 bridgehead atoms. The van der Waals surface area contributed by atoms with E-state index in [0.29, 0.717) is 54.1 Å². The second-order valence-corrected chi connectivity index (χ2v) is 23.8. The number of aromatic nitrogens is 3. The van der Waals surface area contributed by atoms with Crippen LogP contribution in [0.3, 0.4) is 0 Å². The third kappa shape index (κ3) is 14.0. The molecule has 1 amide bonds. The van der Waals surface area contributed by atoms with Gasteiger partial charge in [-0.15, -0.1) is 5.10 Å². The van der Waals surface area contributed by atoms with Gasteiger partial charge in [-0.05, 0) is 112 Å². The van der Waals surface area contributed by atoms with Crippen molar-refractivity contribution in [1.82, 2.24) is 24.8 Å². The van der Waals surface area contributed by atoms with Gasteiger partial charge in [-0.25, -0.2) is 18.7 Å². The van der Waals surface area contributed by atoms with Crippen LogP contribution in [0.1, 0.15) is 101 Å². The third-order valence-electron chi connectivity index (χ3n) is 17.3. The van der Waals surface area contributed by atoms with E-state index >= 15 is 4.39 Å². The summed E-state index contributed by atoms with van der Waals surface area (Å²) in [4.78, 5) is 36.2. The SMILES string of the molecule is [C-]#[N+]c1ccc(-c2ccc(N3C[C@H](Cn4cc(CCN(C)[C@H]5C[C@@H](C)O[C@@H](O[C@@H]6[C@@H](C)[C@H](O[C@@H]7C[C@@](C)(OC)[C@@H](O)[C@H](C)O7)[C@@H](C)C(=O)O[C@H](CC)[C@@](C)(O)[C@H](O)[C@@H](C)N(C)C[C@H](C)C[C@@]6(C)O)[C@@H]5O)nn4)OC3=O)cc2F)cc1. The van der Waals surface area contributed by atoms with Crippen molar-refractivity contribution in [2.75, 3.05) is 45.7 Å². The highest BCUT2D eigenvalue weighted by molar-refractivity contribution is 5.90. The van der Waals surface area contributed by atoms with Crippen LogP contribution in [0, 0.1) is 30.1 Å². The van der Waals surface area contributed by atoms with Gasteiger partial charge in [-0.3, -0.25) is 9.69 Å². The molecular formula is C58H86FN7O14. The minimum atomic E-state index is -1.86. The van der Waals surface area contributed by atoms with Crippen LogP contribution in [0.25, 0.3) is 16.0 Å². The van der Waals surface area contributed by atoms with Crippen LogP contribution in [0.5, 0.6) is 0 Å². The van der Waals surface area contributed by atoms with Crippen molar-refractivity contribution in [3.8, 4) is 11.1 Å². The van der Waals surface area contributed by atoms with Crippen LogP contribution >= 0.6 is 0 Å². The third-order valence-corrected chi connectivity index (χ3v) is 17.3. The summed E-state index contributed by atoms with van der Waals surface area (Å²) in [5.41, 5.74) is -2.24. The fourth-order valence-electron chi connectivity index (χ4n) is 12.3. The smallest absolute Gasteiger partial charge is 0.414 e. The maximum absolute atomic E-state index is 15.4. The molecule has 21 nitrogen and oxygen atoms in total. The minimum absolute atomic E-state index is 0.0755. The van der Waals surface area contributed by atoms with Gasteiger partial charge in [0.05, 0.1) is 72.6 Å². The van der Waals surface area contributed by atoms with Crippen molar-refractivity contribution < 1.29 is 72.7 Å². The Balaban J connectivity index is 1.07. The Bertz CT molecular complexity index is 2600. The molecule has 22 heteroatoms. The van der Waals surface area contributed by atoms with Crippen molar-refractivity contribution >= 4 is 23.4 Å². The predicted molar refractivity (Wildman–Crippen MR) is 293 cm³/mol. The fraction of sp³-hybridized carbons (Fsp3) is 0.707. The van der Waals surface area contributed by atoms with Crippen molar-refractivity contribution in [2.45, 2.75) is 204 Å². The van der Waals surface area contributed by atoms with E-state index < -0.39 is 126 Å². The number of methoxy groups -OCH3 is 1. The zero-order valence-corrected chi connectivity index (χ0v) is 48.6. The number of nitrogens with zero attached hydrogens (tertiary/aromatic N) is 7. The van der Waals surface area contributed by atoms with Crippen molar-refractivity contribution in [1.29, 1.82) is 0 Å². The van der Waals surface area contributed by atoms with Crippen molar-refractivity contribution in [3.63, 3.8) is 0 Å². The number of hydrogen-bond acceptors (Lipinski definition) is 18. The lowest BCUT2D eigenvalue weighted by molar-refractivity contribution is -0.318. The monoisotopic (exact) mass is 1120 g/mol. The Morgan fingerprint density at radius 3 is 2.29 bits per heavy atom. The number of carbonyl (C=O) groups excluding carboxylic acids is 2. The Morgan fingerprint density at radius 2 is 1.64 bits per heavy atom. The minimum Gasteiger partial charge on any atom is -0.459 e. The molecule has 2 aromatic carbocycles. The summed E-state index contributed by atoms with van der Waals surface area (Å²) >= 11 is 0. The van der Waals surface area contributed by atoms with Crippen LogP contribution in [-0.4, -0.2) is 200 Å². The molecule has 0 saturated carbocycles. The van der Waals surface area contributed by atoms with E-state index in [1.54, 1.807) is 95.7 Å². The fourth-order valence-corrected chi connectivity index (χ4v) is 12.3. The highest BCUT2D eigenvalue weighted by atomic mass is 19.1. The number of hydrogen-bond donors (Lipinski definition) is 5. The van der Waals surface area contributed by atoms with E-state index in [0.717, 1.165) is 0 Å². The molecule has 0 radical (unpaired) electrons. The van der Waals surface area contributed by atoms with Gasteiger partial charge in [0.1, 0.15) is 41.9 Å². The first-order valence-corrected chi connectivity index (χ1v) is 28.0. The number of rotatable bonds is 14. The van der Waals surface area contributed by atoms with Crippen LogP contribution < -0.4 is 4.90 Å². The number of aliphatic hydroxyl groups is 5. The van der Waals surface area contributed by atoms with E-state index in [1.807, 2.05) is 37.7 Å². The lowest BCUT2D eigenvalue weighted by Crippen LogP contribution is -2.61. The molecule has 4 fully saturated rings. The standard InChI is InChI=1S/C58H86FN7O14/c1-15-46-58(10,73)50(68)36(6)64(13)28-32(2)26-56(8,72)52(34(4)49(35(5)53(70)78-46)79-47-27-57(9,74-14)51(69)37(7)76-47)80-54-48(67)45(24-33(3)75-54)63(12)23-22-40-29-65(62-61-40)30-42-31-66(55(71)77-42)41-20-21-43(44(59)25-41)38-16-18-39(60-11)19-17-38/h16-21,25,29,32-37,42,45-52,54,67-69,72-73H,15,22-24,26-28,30-31H2,1-10,12-14H3/t32-,33-,34+,35-,36-,37+,42+,45+,46-,47-,48-,49+,50-,51+,52-,54+,56-,57-,58-/m1/s1. The Labute approximate surface area is 470 Å². The summed E-state index contributed by atoms with van der Waals surface area (Å²) in [5, 5.41) is 68.6. The van der Waals surface area contributed by atoms with Gasteiger partial charge >= 0.3 is 12.1 Å². The van der Waals surface area contributed by atoms with Gasteiger partial charge in [0.25, 0.3) is 0 Å². The zero-order valence-electron chi connectivity index (χ0n) is 48.6. The van der Waals surface area contributed by atoms with E-state index in [1.165, 1.54) is 25.0 Å². The summed E-state index contributed by atoms with van der Waals surface area (Å²) in [6.45, 7) is 25.7. The number of aliphatic hydroxyl groups excluding tert-OH is 3. The number of amides is 1. The number of likely N-dealkylation sites (N-methyl/N-ethyl adjacent to an activating group) is 2. The van der Waals surface area contributed by atoms with Crippen LogP contribution in [0.2, 0.25) is 0 Å². The van der Waals surface area contributed by atoms with E-state index in [4.69, 9.17) is 39.7 Å². The topological polar surface area (TPSA) is 245 Å². The number of halogens is 1. The first-order chi connectivity index (χ1) is 37.6. The quantitative estimate of drug-likeness (QED) is 0.0990. The number of carbonyl (C=O) groups is 2. The van der Waals surface area contributed by atoms with E-state index in [9.17, 15) is 35.1 Å². The summed E-state index contributed by atoms with van der Waals surface area (Å²) in [7, 11) is 5.19. The molecule has 7 rings (SSSR count). The van der Waals surface area contributed by atoms with Crippen LogP contribution in [0.4, 0.5) is 20.6 Å². The van der Waals surface area contributed by atoms with Crippen LogP contribution in [0.15, 0.2) is 48.7 Å². The second kappa shape index (κ2) is 25.8. The summed E-state index contributed by atoms with van der Waals surface area (Å²) in [6, 6.07) is 10.0. The van der Waals surface area contributed by atoms with Gasteiger partial charge in [-0.2, -0.15) is 0 Å². The number of cyclic esters (lactones) is 2. The average Bonchev–Trinajstić information content (AvgIpc) is 4.05. The van der Waals surface area contributed by atoms with Gasteiger partial charge in [0, 0.05) is 62.8 Å². The Kier molecular flexibility index (Phi) is 20.3. The highest BCUT2D eigenvalue weighted by Crippen LogP contribution is 2.41. The largest absolute Gasteiger partial charge is 0.459 e. The molecule has 5 N–H and O–H groups in total. The Hall–Kier alpha value is -4.74. The van der Waals surface area contributed by atoms with E-state index in [2.05, 4.69) is 15.2 Å². The molecule has 4 aliphatic rings. The molecule has 0 unspecified atom stereocenters. The first-order valence-electron chi connectivity index (χ1n) is 28.0. The number of esters is 1. The lowest BCUT2D eigenvalue weighted by Gasteiger charge is -2.49. The molecule has 0 aliphatic carbocycles. The van der Waals surface area contributed by atoms with Crippen molar-refractivity contribution in [2.24, 2.45) is 17.8 Å². The molecular weight excluding hydrogens is 1040 g/mol. The molecule has 3 aromatic rings. The normalized spacial score (nSPS) is 38.1. The maximum atomic E-state index is 15.4. The summed E-state index contributed by atoms with van der Waals surface area (Å²) < 4.78 is 60.9. The maximum Gasteiger partial charge on any atom is 0.414 e. The molecule has 19 atom stereocenters. The number of ether oxygens (including phenoxy) is 7. The zero-order chi connectivity index (χ0) is 58.8. The molecule has 5 heterocycles. The first kappa shape index (κ1) is 62.9. The van der Waals surface area contributed by atoms with Crippen molar-refractivity contribution in [3.05, 3.63) is 71.6 Å². The number of benzene rings is 2. The highest BCUT2D eigenvalue weighted by Gasteiger charge is 2.53.